The van der Waals surface area contributed by atoms with Gasteiger partial charge < -0.3 is 5.32 Å². The van der Waals surface area contributed by atoms with Crippen LogP contribution in [-0.4, -0.2) is 19.7 Å². The normalized spacial score (nSPS) is 14.6. The molecule has 0 atom stereocenters. The number of fused-ring (bicyclic) bond motifs is 1. The summed E-state index contributed by atoms with van der Waals surface area (Å²) in [5.74, 6) is 1.08. The Kier molecular flexibility index (Phi) is 4.39. The predicted octanol–water partition coefficient (Wildman–Crippen LogP) is 3.84. The van der Waals surface area contributed by atoms with E-state index in [2.05, 4.69) is 20.4 Å². The number of hydrogen-bond acceptors (Lipinski definition) is 4. The van der Waals surface area contributed by atoms with Crippen LogP contribution in [-0.2, 0) is 13.1 Å². The van der Waals surface area contributed by atoms with Crippen molar-refractivity contribution in [3.63, 3.8) is 0 Å². The summed E-state index contributed by atoms with van der Waals surface area (Å²) < 4.78 is 1.83. The first-order valence-electron chi connectivity index (χ1n) is 8.24. The maximum atomic E-state index is 12.2. The molecule has 0 spiro atoms. The second kappa shape index (κ2) is 6.69. The van der Waals surface area contributed by atoms with Gasteiger partial charge in [-0.15, -0.1) is 0 Å². The number of rotatable bonds is 5. The van der Waals surface area contributed by atoms with Crippen molar-refractivity contribution in [1.29, 1.82) is 0 Å². The van der Waals surface area contributed by atoms with Gasteiger partial charge in [0.05, 0.1) is 16.2 Å². The Morgan fingerprint density at radius 2 is 2.12 bits per heavy atom. The first-order valence-corrected chi connectivity index (χ1v) is 8.99. The third-order valence-corrected chi connectivity index (χ3v) is 5.27. The van der Waals surface area contributed by atoms with E-state index in [0.29, 0.717) is 39.5 Å². The van der Waals surface area contributed by atoms with E-state index in [1.807, 2.05) is 16.9 Å². The van der Waals surface area contributed by atoms with E-state index in [4.69, 9.17) is 23.2 Å². The number of aromatic nitrogens is 4. The van der Waals surface area contributed by atoms with Gasteiger partial charge in [-0.3, -0.25) is 14.5 Å². The Morgan fingerprint density at radius 1 is 1.28 bits per heavy atom. The highest BCUT2D eigenvalue weighted by Gasteiger charge is 2.19. The zero-order chi connectivity index (χ0) is 17.4. The van der Waals surface area contributed by atoms with Gasteiger partial charge in [-0.1, -0.05) is 35.7 Å². The Labute approximate surface area is 154 Å². The summed E-state index contributed by atoms with van der Waals surface area (Å²) in [6.07, 6.45) is 5.59. The number of halogens is 2. The molecule has 2 aromatic heterocycles. The molecule has 0 bridgehead atoms. The van der Waals surface area contributed by atoms with Crippen LogP contribution in [0, 0.1) is 5.92 Å². The summed E-state index contributed by atoms with van der Waals surface area (Å²) in [5, 5.41) is 8.48. The maximum absolute atomic E-state index is 12.2. The number of benzene rings is 1. The molecule has 6 nitrogen and oxygen atoms in total. The molecule has 1 aliphatic rings. The number of hydrogen-bond donors (Lipinski definition) is 2. The number of H-pyrrole nitrogens is 1. The highest BCUT2D eigenvalue weighted by Crippen LogP contribution is 2.28. The van der Waals surface area contributed by atoms with Crippen LogP contribution in [0.5, 0.6) is 0 Å². The summed E-state index contributed by atoms with van der Waals surface area (Å²) in [6.45, 7) is 1.32. The van der Waals surface area contributed by atoms with E-state index in [1.165, 1.54) is 19.3 Å². The van der Waals surface area contributed by atoms with E-state index in [9.17, 15) is 4.79 Å². The molecular weight excluding hydrogens is 361 g/mol. The smallest absolute Gasteiger partial charge is 0.280 e. The summed E-state index contributed by atoms with van der Waals surface area (Å²) >= 11 is 11.9. The Bertz CT molecular complexity index is 977. The summed E-state index contributed by atoms with van der Waals surface area (Å²) in [7, 11) is 0. The first-order chi connectivity index (χ1) is 12.1. The number of nitrogens with zero attached hydrogens (tertiary/aromatic N) is 3. The molecule has 25 heavy (non-hydrogen) atoms. The van der Waals surface area contributed by atoms with Crippen LogP contribution in [0.3, 0.4) is 0 Å². The Hall–Kier alpha value is -2.05. The van der Waals surface area contributed by atoms with Crippen LogP contribution < -0.4 is 10.9 Å². The molecule has 1 aliphatic carbocycles. The van der Waals surface area contributed by atoms with Crippen LogP contribution in [0.25, 0.3) is 11.0 Å². The Balaban J connectivity index is 1.53. The zero-order valence-electron chi connectivity index (χ0n) is 13.4. The number of aromatic amines is 1. The van der Waals surface area contributed by atoms with Gasteiger partial charge in [-0.25, -0.2) is 4.98 Å². The van der Waals surface area contributed by atoms with Gasteiger partial charge >= 0.3 is 0 Å². The van der Waals surface area contributed by atoms with Gasteiger partial charge in [0.15, 0.2) is 5.52 Å². The lowest BCUT2D eigenvalue weighted by molar-refractivity contribution is 0.267. The maximum Gasteiger partial charge on any atom is 0.280 e. The average molecular weight is 378 g/mol. The molecule has 1 aromatic carbocycles. The lowest BCUT2D eigenvalue weighted by Crippen LogP contribution is -2.18. The second-order valence-corrected chi connectivity index (χ2v) is 7.21. The van der Waals surface area contributed by atoms with Crippen molar-refractivity contribution in [3.05, 3.63) is 50.4 Å². The molecule has 2 heterocycles. The molecule has 0 amide bonds. The monoisotopic (exact) mass is 377 g/mol. The van der Waals surface area contributed by atoms with Gasteiger partial charge in [-0.05, 0) is 36.5 Å². The van der Waals surface area contributed by atoms with Crippen molar-refractivity contribution in [2.75, 3.05) is 5.32 Å². The molecule has 0 saturated heterocycles. The molecule has 0 aliphatic heterocycles. The molecule has 2 N–H and O–H groups in total. The molecule has 1 saturated carbocycles. The first kappa shape index (κ1) is 16.4. The van der Waals surface area contributed by atoms with Crippen molar-refractivity contribution < 1.29 is 0 Å². The fourth-order valence-corrected chi connectivity index (χ4v) is 3.24. The van der Waals surface area contributed by atoms with E-state index >= 15 is 0 Å². The fraction of sp³-hybridized carbons (Fsp3) is 0.353. The summed E-state index contributed by atoms with van der Waals surface area (Å²) in [6, 6.07) is 5.39. The lowest BCUT2D eigenvalue weighted by Gasteiger charge is -2.24. The molecular formula is C17H17Cl2N5O. The highest BCUT2D eigenvalue weighted by atomic mass is 35.5. The van der Waals surface area contributed by atoms with Crippen LogP contribution in [0.2, 0.25) is 10.0 Å². The van der Waals surface area contributed by atoms with Crippen molar-refractivity contribution in [1.82, 2.24) is 19.7 Å². The minimum atomic E-state index is -0.242. The van der Waals surface area contributed by atoms with Crippen molar-refractivity contribution in [2.45, 2.75) is 32.4 Å². The van der Waals surface area contributed by atoms with Gasteiger partial charge in [0.25, 0.3) is 5.56 Å². The minimum Gasteiger partial charge on any atom is -0.352 e. The van der Waals surface area contributed by atoms with E-state index < -0.39 is 0 Å². The van der Waals surface area contributed by atoms with Gasteiger partial charge in [0, 0.05) is 13.1 Å². The van der Waals surface area contributed by atoms with Crippen molar-refractivity contribution >= 4 is 40.2 Å². The third-order valence-electron chi connectivity index (χ3n) is 4.54. The van der Waals surface area contributed by atoms with Crippen molar-refractivity contribution in [2.24, 2.45) is 5.92 Å². The molecule has 1 fully saturated rings. The quantitative estimate of drug-likeness (QED) is 0.708. The van der Waals surface area contributed by atoms with Gasteiger partial charge in [-0.2, -0.15) is 5.10 Å². The summed E-state index contributed by atoms with van der Waals surface area (Å²) in [4.78, 5) is 19.4. The molecule has 3 aromatic rings. The number of nitrogens with one attached hydrogen (secondary N) is 2. The number of anilines is 1. The fourth-order valence-electron chi connectivity index (χ4n) is 2.92. The van der Waals surface area contributed by atoms with Crippen molar-refractivity contribution in [3.8, 4) is 0 Å². The highest BCUT2D eigenvalue weighted by molar-refractivity contribution is 6.42. The lowest BCUT2D eigenvalue weighted by atomic mass is 9.85. The second-order valence-electron chi connectivity index (χ2n) is 6.40. The SMILES string of the molecule is O=c1[nH]c(NCc2ccc(Cl)c(Cl)c2)nc2cn(CC3CCC3)nc12. The summed E-state index contributed by atoms with van der Waals surface area (Å²) in [5.41, 5.74) is 1.67. The van der Waals surface area contributed by atoms with Crippen LogP contribution in [0.1, 0.15) is 24.8 Å². The molecule has 4 rings (SSSR count). The molecule has 8 heteroatoms. The van der Waals surface area contributed by atoms with E-state index in [0.717, 1.165) is 12.1 Å². The standard InChI is InChI=1S/C17H17Cl2N5O/c18-12-5-4-11(6-13(12)19)7-20-17-21-14-9-24(8-10-2-1-3-10)23-15(14)16(25)22-17/h4-6,9-10H,1-3,7-8H2,(H2,20,21,22,25). The van der Waals surface area contributed by atoms with Gasteiger partial charge in [0.2, 0.25) is 5.95 Å². The predicted molar refractivity (Wildman–Crippen MR) is 99.3 cm³/mol. The molecule has 0 radical (unpaired) electrons. The Morgan fingerprint density at radius 3 is 2.84 bits per heavy atom. The third kappa shape index (κ3) is 3.50. The topological polar surface area (TPSA) is 75.6 Å². The van der Waals surface area contributed by atoms with Gasteiger partial charge in [0.1, 0.15) is 5.52 Å². The van der Waals surface area contributed by atoms with E-state index in [-0.39, 0.29) is 5.56 Å². The van der Waals surface area contributed by atoms with Crippen LogP contribution in [0.4, 0.5) is 5.95 Å². The molecule has 0 unspecified atom stereocenters. The largest absolute Gasteiger partial charge is 0.352 e. The minimum absolute atomic E-state index is 0.242. The zero-order valence-corrected chi connectivity index (χ0v) is 14.9. The van der Waals surface area contributed by atoms with Crippen LogP contribution >= 0.6 is 23.2 Å². The molecule has 130 valence electrons. The van der Waals surface area contributed by atoms with Crippen LogP contribution in [0.15, 0.2) is 29.2 Å². The van der Waals surface area contributed by atoms with E-state index in [1.54, 1.807) is 12.1 Å². The average Bonchev–Trinajstić information content (AvgIpc) is 2.95.